The van der Waals surface area contributed by atoms with Crippen LogP contribution in [0.2, 0.25) is 0 Å². The van der Waals surface area contributed by atoms with Crippen LogP contribution in [0.3, 0.4) is 0 Å². The van der Waals surface area contributed by atoms with E-state index in [1.165, 1.54) is 26.2 Å². The van der Waals surface area contributed by atoms with Gasteiger partial charge in [0.05, 0.1) is 56.3 Å². The Morgan fingerprint density at radius 2 is 1.55 bits per heavy atom. The third kappa shape index (κ3) is 14.1. The molecule has 2 aromatic carbocycles. The van der Waals surface area contributed by atoms with E-state index >= 15 is 0 Å². The second kappa shape index (κ2) is 25.3. The fourth-order valence-electron chi connectivity index (χ4n) is 8.62. The molecule has 15 nitrogen and oxygen atoms in total. The van der Waals surface area contributed by atoms with Crippen molar-refractivity contribution < 1.29 is 43.0 Å². The summed E-state index contributed by atoms with van der Waals surface area (Å²) in [4.78, 5) is 86.0. The van der Waals surface area contributed by atoms with Gasteiger partial charge in [0.2, 0.25) is 30.0 Å². The first-order chi connectivity index (χ1) is 29.5. The summed E-state index contributed by atoms with van der Waals surface area (Å²) in [5.41, 5.74) is 2.73. The van der Waals surface area contributed by atoms with Crippen LogP contribution in [-0.2, 0) is 55.8 Å². The molecule has 0 saturated carbocycles. The summed E-state index contributed by atoms with van der Waals surface area (Å²) < 4.78 is 16.9. The second-order valence-electron chi connectivity index (χ2n) is 16.9. The molecule has 1 aliphatic heterocycles. The number of anilines is 1. The van der Waals surface area contributed by atoms with Gasteiger partial charge < -0.3 is 39.5 Å². The fourth-order valence-corrected chi connectivity index (χ4v) is 8.62. The van der Waals surface area contributed by atoms with Gasteiger partial charge in [0.25, 0.3) is 0 Å². The molecule has 1 heterocycles. The predicted molar refractivity (Wildman–Crippen MR) is 239 cm³/mol. The quantitative estimate of drug-likeness (QED) is 0.111. The van der Waals surface area contributed by atoms with E-state index in [0.717, 1.165) is 23.2 Å². The third-order valence-electron chi connectivity index (χ3n) is 12.4. The number of rotatable bonds is 25. The highest BCUT2D eigenvalue weighted by Crippen LogP contribution is 2.29. The Labute approximate surface area is 369 Å². The number of ether oxygens (including phenoxy) is 3. The van der Waals surface area contributed by atoms with Crippen LogP contribution >= 0.6 is 0 Å². The highest BCUT2D eigenvalue weighted by Gasteiger charge is 2.42. The molecular weight excluding hydrogens is 793 g/mol. The van der Waals surface area contributed by atoms with E-state index < -0.39 is 48.3 Å². The third-order valence-corrected chi connectivity index (χ3v) is 12.4. The lowest BCUT2D eigenvalue weighted by Gasteiger charge is -2.39. The van der Waals surface area contributed by atoms with Crippen LogP contribution in [0.5, 0.6) is 0 Å². The molecule has 2 N–H and O–H groups in total. The Kier molecular flexibility index (Phi) is 21.0. The van der Waals surface area contributed by atoms with Crippen LogP contribution in [0.1, 0.15) is 71.4 Å². The summed E-state index contributed by atoms with van der Waals surface area (Å²) in [7, 11) is 9.62. The number of esters is 1. The monoisotopic (exact) mass is 865 g/mol. The number of carbonyl (C=O) groups is 6. The van der Waals surface area contributed by atoms with Crippen LogP contribution in [0, 0.1) is 17.8 Å². The Morgan fingerprint density at radius 3 is 2.11 bits per heavy atom. The van der Waals surface area contributed by atoms with Crippen LogP contribution in [0.25, 0.3) is 0 Å². The summed E-state index contributed by atoms with van der Waals surface area (Å²) in [5.74, 6) is -2.48. The van der Waals surface area contributed by atoms with Gasteiger partial charge in [-0.2, -0.15) is 0 Å². The topological polar surface area (TPSA) is 167 Å². The summed E-state index contributed by atoms with van der Waals surface area (Å²) in [6, 6.07) is 14.8. The zero-order chi connectivity index (χ0) is 46.1. The molecule has 0 radical (unpaired) electrons. The molecule has 1 unspecified atom stereocenters. The number of methoxy groups -OCH3 is 3. The van der Waals surface area contributed by atoms with Crippen LogP contribution < -0.4 is 15.5 Å². The molecule has 0 bridgehead atoms. The number of hydrogen-bond acceptors (Lipinski definition) is 10. The van der Waals surface area contributed by atoms with Gasteiger partial charge in [-0.3, -0.25) is 28.9 Å². The smallest absolute Gasteiger partial charge is 0.328 e. The van der Waals surface area contributed by atoms with E-state index in [2.05, 4.69) is 10.6 Å². The molecule has 1 aliphatic rings. The first-order valence-corrected chi connectivity index (χ1v) is 21.8. The molecular formula is C47H72N6O9. The van der Waals surface area contributed by atoms with Crippen molar-refractivity contribution in [1.82, 2.24) is 25.3 Å². The largest absolute Gasteiger partial charge is 0.467 e. The van der Waals surface area contributed by atoms with Gasteiger partial charge in [0.15, 0.2) is 0 Å². The van der Waals surface area contributed by atoms with Crippen molar-refractivity contribution in [3.63, 3.8) is 0 Å². The highest BCUT2D eigenvalue weighted by molar-refractivity contribution is 5.88. The van der Waals surface area contributed by atoms with Crippen molar-refractivity contribution in [3.05, 3.63) is 65.7 Å². The van der Waals surface area contributed by atoms with E-state index in [1.54, 1.807) is 30.8 Å². The molecule has 0 aliphatic carbocycles. The number of carbonyl (C=O) groups excluding carboxylic acids is 6. The van der Waals surface area contributed by atoms with Crippen molar-refractivity contribution >= 4 is 41.7 Å². The normalized spacial score (nSPS) is 17.3. The van der Waals surface area contributed by atoms with Crippen molar-refractivity contribution in [3.8, 4) is 0 Å². The second-order valence-corrected chi connectivity index (χ2v) is 16.9. The zero-order valence-corrected chi connectivity index (χ0v) is 38.8. The lowest BCUT2D eigenvalue weighted by atomic mass is 9.90. The van der Waals surface area contributed by atoms with E-state index in [4.69, 9.17) is 14.2 Å². The lowest BCUT2D eigenvalue weighted by molar-refractivity contribution is -0.148. The average Bonchev–Trinajstić information content (AvgIpc) is 3.76. The Hall–Kier alpha value is -4.86. The zero-order valence-electron chi connectivity index (χ0n) is 38.8. The number of amides is 5. The first kappa shape index (κ1) is 51.5. The maximum atomic E-state index is 14.2. The number of hydrogen-bond donors (Lipinski definition) is 2. The Morgan fingerprint density at radius 1 is 0.887 bits per heavy atom. The number of nitrogens with one attached hydrogen (secondary N) is 2. The van der Waals surface area contributed by atoms with Crippen LogP contribution in [0.4, 0.5) is 5.69 Å². The van der Waals surface area contributed by atoms with Crippen molar-refractivity contribution in [2.45, 2.75) is 110 Å². The maximum Gasteiger partial charge on any atom is 0.328 e. The van der Waals surface area contributed by atoms with E-state index in [0.29, 0.717) is 38.8 Å². The SMILES string of the molecule is CC[C@H](C)[C@@H]([C@@H](CC(=O)N1CCC[C@H]1[C@H](OC)[C@@H](C)C(=O)N[C@@H](Cc1ccccc1)C(=O)OC)OC)N(C)C(=O)CNC(=O)C(C(C)C)N(C)CCc1ccc(N(C)C=O)cc1. The first-order valence-electron chi connectivity index (χ1n) is 21.8. The van der Waals surface area contributed by atoms with Gasteiger partial charge in [-0.05, 0) is 61.4 Å². The van der Waals surface area contributed by atoms with Crippen molar-refractivity contribution in [2.24, 2.45) is 17.8 Å². The van der Waals surface area contributed by atoms with Gasteiger partial charge >= 0.3 is 5.97 Å². The number of nitrogens with zero attached hydrogens (tertiary/aromatic N) is 4. The average molecular weight is 865 g/mol. The highest BCUT2D eigenvalue weighted by atomic mass is 16.5. The molecule has 8 atom stereocenters. The molecule has 3 rings (SSSR count). The minimum absolute atomic E-state index is 0.0127. The number of likely N-dealkylation sites (tertiary alicyclic amines) is 1. The molecule has 344 valence electrons. The Bertz CT molecular complexity index is 1740. The molecule has 2 aromatic rings. The molecule has 0 aromatic heterocycles. The standard InChI is InChI=1S/C47H72N6O9/c1-12-32(4)43(52(8)41(56)29-48-46(58)42(31(2)3)50(6)26-24-34-20-22-36(23-21-34)51(7)30-54)39(60-9)28-40(55)53-25-16-19-38(53)44(61-10)33(5)45(57)49-37(47(59)62-11)27-35-17-14-13-15-18-35/h13-15,17-18,20-23,30-33,37-39,42-44H,12,16,19,24-29H2,1-11H3,(H,48,58)(H,49,57)/t32-,33+,37-,38-,39+,42?,43-,44+/m0/s1. The van der Waals surface area contributed by atoms with Crippen molar-refractivity contribution in [1.29, 1.82) is 0 Å². The molecule has 1 saturated heterocycles. The minimum atomic E-state index is -0.902. The lowest BCUT2D eigenvalue weighted by Crippen LogP contribution is -2.55. The summed E-state index contributed by atoms with van der Waals surface area (Å²) >= 11 is 0. The molecule has 15 heteroatoms. The predicted octanol–water partition coefficient (Wildman–Crippen LogP) is 3.72. The fraction of sp³-hybridized carbons (Fsp3) is 0.617. The van der Waals surface area contributed by atoms with Gasteiger partial charge in [0.1, 0.15) is 6.04 Å². The molecule has 0 spiro atoms. The van der Waals surface area contributed by atoms with Gasteiger partial charge in [-0.1, -0.05) is 83.5 Å². The molecule has 5 amide bonds. The van der Waals surface area contributed by atoms with E-state index in [9.17, 15) is 28.8 Å². The maximum absolute atomic E-state index is 14.2. The summed E-state index contributed by atoms with van der Waals surface area (Å²) in [6.45, 7) is 10.6. The van der Waals surface area contributed by atoms with Crippen LogP contribution in [0.15, 0.2) is 54.6 Å². The number of benzene rings is 2. The Balaban J connectivity index is 1.67. The summed E-state index contributed by atoms with van der Waals surface area (Å²) in [6.07, 6.45) is 2.42. The molecule has 62 heavy (non-hydrogen) atoms. The van der Waals surface area contributed by atoms with Gasteiger partial charge in [-0.25, -0.2) is 4.79 Å². The van der Waals surface area contributed by atoms with Gasteiger partial charge in [0, 0.05) is 53.5 Å². The van der Waals surface area contributed by atoms with E-state index in [1.807, 2.05) is 94.2 Å². The number of likely N-dealkylation sites (N-methyl/N-ethyl adjacent to an activating group) is 2. The van der Waals surface area contributed by atoms with Crippen LogP contribution in [-0.4, -0.2) is 149 Å². The van der Waals surface area contributed by atoms with Crippen molar-refractivity contribution in [2.75, 3.05) is 67.0 Å². The summed E-state index contributed by atoms with van der Waals surface area (Å²) in [5, 5.41) is 5.74. The van der Waals surface area contributed by atoms with E-state index in [-0.39, 0.29) is 54.9 Å². The minimum Gasteiger partial charge on any atom is -0.467 e. The molecule has 1 fully saturated rings. The van der Waals surface area contributed by atoms with Gasteiger partial charge in [-0.15, -0.1) is 0 Å².